The maximum Gasteiger partial charge on any atom is 0.253 e. The Morgan fingerprint density at radius 1 is 1.18 bits per heavy atom. The van der Waals surface area contributed by atoms with E-state index in [4.69, 9.17) is 14.7 Å². The summed E-state index contributed by atoms with van der Waals surface area (Å²) in [5, 5.41) is 8.60. The van der Waals surface area contributed by atoms with E-state index in [1.165, 1.54) is 4.90 Å². The van der Waals surface area contributed by atoms with Gasteiger partial charge in [-0.05, 0) is 31.0 Å². The van der Waals surface area contributed by atoms with Crippen LogP contribution in [0.5, 0.6) is 11.5 Å². The van der Waals surface area contributed by atoms with E-state index in [1.54, 1.807) is 25.2 Å². The number of rotatable bonds is 9. The second-order valence-corrected chi connectivity index (χ2v) is 4.99. The van der Waals surface area contributed by atoms with E-state index in [9.17, 15) is 4.79 Å². The highest BCUT2D eigenvalue weighted by molar-refractivity contribution is 5.94. The summed E-state index contributed by atoms with van der Waals surface area (Å²) in [6.45, 7) is 5.66. The minimum Gasteiger partial charge on any atom is -0.490 e. The largest absolute Gasteiger partial charge is 0.490 e. The molecule has 120 valence electrons. The zero-order chi connectivity index (χ0) is 16.4. The van der Waals surface area contributed by atoms with Gasteiger partial charge in [-0.3, -0.25) is 4.79 Å². The van der Waals surface area contributed by atoms with Crippen LogP contribution in [0.4, 0.5) is 0 Å². The third-order valence-electron chi connectivity index (χ3n) is 3.02. The number of carbonyl (C=O) groups excluding carboxylic acids is 1. The summed E-state index contributed by atoms with van der Waals surface area (Å²) in [5.41, 5.74) is 0.537. The molecule has 0 saturated carbocycles. The second-order valence-electron chi connectivity index (χ2n) is 4.99. The van der Waals surface area contributed by atoms with Crippen molar-refractivity contribution in [3.8, 4) is 17.6 Å². The lowest BCUT2D eigenvalue weighted by molar-refractivity contribution is 0.0797. The quantitative estimate of drug-likeness (QED) is 0.702. The van der Waals surface area contributed by atoms with Gasteiger partial charge in [0.05, 0.1) is 25.7 Å². The van der Waals surface area contributed by atoms with Crippen LogP contribution in [-0.4, -0.2) is 37.6 Å². The summed E-state index contributed by atoms with van der Waals surface area (Å²) in [4.78, 5) is 13.9. The fourth-order valence-corrected chi connectivity index (χ4v) is 1.84. The average molecular weight is 304 g/mol. The van der Waals surface area contributed by atoms with Gasteiger partial charge in [-0.2, -0.15) is 5.26 Å². The number of amides is 1. The fourth-order valence-electron chi connectivity index (χ4n) is 1.84. The molecule has 0 N–H and O–H groups in total. The number of nitriles is 1. The Hall–Kier alpha value is -2.22. The van der Waals surface area contributed by atoms with Crippen LogP contribution in [0.1, 0.15) is 43.5 Å². The van der Waals surface area contributed by atoms with E-state index in [1.807, 2.05) is 19.9 Å². The normalized spacial score (nSPS) is 9.91. The lowest BCUT2D eigenvalue weighted by Crippen LogP contribution is -2.27. The van der Waals surface area contributed by atoms with Crippen molar-refractivity contribution in [2.45, 2.75) is 33.1 Å². The molecule has 0 radical (unpaired) electrons. The average Bonchev–Trinajstić information content (AvgIpc) is 2.55. The van der Waals surface area contributed by atoms with Gasteiger partial charge in [-0.15, -0.1) is 0 Å². The molecule has 1 rings (SSSR count). The van der Waals surface area contributed by atoms with E-state index >= 15 is 0 Å². The Morgan fingerprint density at radius 3 is 2.41 bits per heavy atom. The maximum absolute atomic E-state index is 12.3. The molecule has 0 aliphatic carbocycles. The van der Waals surface area contributed by atoms with Gasteiger partial charge in [0.1, 0.15) is 0 Å². The molecule has 0 aromatic heterocycles. The number of ether oxygens (including phenoxy) is 2. The van der Waals surface area contributed by atoms with Gasteiger partial charge in [0.2, 0.25) is 0 Å². The molecule has 5 heteroatoms. The van der Waals surface area contributed by atoms with Crippen LogP contribution in [0, 0.1) is 11.3 Å². The van der Waals surface area contributed by atoms with Crippen LogP contribution in [0.2, 0.25) is 0 Å². The van der Waals surface area contributed by atoms with Crippen LogP contribution < -0.4 is 9.47 Å². The highest BCUT2D eigenvalue weighted by atomic mass is 16.5. The molecule has 1 aromatic carbocycles. The van der Waals surface area contributed by atoms with Crippen LogP contribution in [0.15, 0.2) is 18.2 Å². The van der Waals surface area contributed by atoms with Crippen molar-refractivity contribution in [2.24, 2.45) is 0 Å². The van der Waals surface area contributed by atoms with Crippen molar-refractivity contribution in [3.05, 3.63) is 23.8 Å². The first-order valence-corrected chi connectivity index (χ1v) is 7.66. The van der Waals surface area contributed by atoms with Crippen molar-refractivity contribution in [3.63, 3.8) is 0 Å². The summed E-state index contributed by atoms with van der Waals surface area (Å²) in [6, 6.07) is 7.25. The number of hydrogen-bond acceptors (Lipinski definition) is 4. The van der Waals surface area contributed by atoms with Crippen molar-refractivity contribution < 1.29 is 14.3 Å². The van der Waals surface area contributed by atoms with Gasteiger partial charge in [-0.1, -0.05) is 13.8 Å². The molecule has 1 amide bonds. The standard InChI is InChI=1S/C17H24N2O3/c1-4-11-21-15-8-7-14(13-16(15)22-12-5-2)17(20)19(3)10-6-9-18/h7-8,13H,4-6,10-12H2,1-3H3. The second kappa shape index (κ2) is 9.67. The van der Waals surface area contributed by atoms with Crippen LogP contribution in [-0.2, 0) is 0 Å². The molecule has 0 saturated heterocycles. The van der Waals surface area contributed by atoms with E-state index in [2.05, 4.69) is 0 Å². The summed E-state index contributed by atoms with van der Waals surface area (Å²) >= 11 is 0. The van der Waals surface area contributed by atoms with Crippen molar-refractivity contribution in [1.29, 1.82) is 5.26 Å². The Labute approximate surface area is 132 Å². The van der Waals surface area contributed by atoms with E-state index in [0.717, 1.165) is 12.8 Å². The molecule has 0 aliphatic heterocycles. The van der Waals surface area contributed by atoms with Gasteiger partial charge in [0.15, 0.2) is 11.5 Å². The minimum atomic E-state index is -0.126. The molecule has 0 atom stereocenters. The first-order chi connectivity index (χ1) is 10.6. The van der Waals surface area contributed by atoms with Crippen LogP contribution >= 0.6 is 0 Å². The zero-order valence-electron chi connectivity index (χ0n) is 13.6. The number of nitrogens with zero attached hydrogens (tertiary/aromatic N) is 2. The topological polar surface area (TPSA) is 62.6 Å². The SMILES string of the molecule is CCCOc1ccc(C(=O)N(C)CCC#N)cc1OCCC. The smallest absolute Gasteiger partial charge is 0.253 e. The Balaban J connectivity index is 2.91. The molecule has 22 heavy (non-hydrogen) atoms. The third-order valence-corrected chi connectivity index (χ3v) is 3.02. The Kier molecular flexibility index (Phi) is 7.84. The summed E-state index contributed by atoms with van der Waals surface area (Å²) < 4.78 is 11.3. The zero-order valence-corrected chi connectivity index (χ0v) is 13.6. The molecule has 0 heterocycles. The number of carbonyl (C=O) groups is 1. The first-order valence-electron chi connectivity index (χ1n) is 7.66. The van der Waals surface area contributed by atoms with E-state index < -0.39 is 0 Å². The van der Waals surface area contributed by atoms with Gasteiger partial charge < -0.3 is 14.4 Å². The predicted molar refractivity (Wildman–Crippen MR) is 85.2 cm³/mol. The molecular weight excluding hydrogens is 280 g/mol. The first kappa shape index (κ1) is 17.8. The number of hydrogen-bond donors (Lipinski definition) is 0. The number of benzene rings is 1. The lowest BCUT2D eigenvalue weighted by atomic mass is 10.1. The fraction of sp³-hybridized carbons (Fsp3) is 0.529. The molecule has 1 aromatic rings. The van der Waals surface area contributed by atoms with Crippen molar-refractivity contribution >= 4 is 5.91 Å². The van der Waals surface area contributed by atoms with E-state index in [-0.39, 0.29) is 5.91 Å². The van der Waals surface area contributed by atoms with Gasteiger partial charge in [0, 0.05) is 19.2 Å². The highest BCUT2D eigenvalue weighted by Gasteiger charge is 2.15. The van der Waals surface area contributed by atoms with Crippen LogP contribution in [0.25, 0.3) is 0 Å². The van der Waals surface area contributed by atoms with Crippen molar-refractivity contribution in [1.82, 2.24) is 4.90 Å². The Morgan fingerprint density at radius 2 is 1.82 bits per heavy atom. The molecule has 0 unspecified atom stereocenters. The molecular formula is C17H24N2O3. The van der Waals surface area contributed by atoms with Gasteiger partial charge in [-0.25, -0.2) is 0 Å². The molecule has 0 aliphatic rings. The lowest BCUT2D eigenvalue weighted by Gasteiger charge is -2.17. The predicted octanol–water partition coefficient (Wildman–Crippen LogP) is 3.25. The van der Waals surface area contributed by atoms with E-state index in [0.29, 0.717) is 43.2 Å². The van der Waals surface area contributed by atoms with Crippen LogP contribution in [0.3, 0.4) is 0 Å². The van der Waals surface area contributed by atoms with Gasteiger partial charge in [0.25, 0.3) is 5.91 Å². The monoisotopic (exact) mass is 304 g/mol. The Bertz CT molecular complexity index is 523. The van der Waals surface area contributed by atoms with Crippen molar-refractivity contribution in [2.75, 3.05) is 26.8 Å². The molecule has 0 bridgehead atoms. The third kappa shape index (κ3) is 5.28. The maximum atomic E-state index is 12.3. The molecule has 0 fully saturated rings. The summed E-state index contributed by atoms with van der Waals surface area (Å²) in [5.74, 6) is 1.13. The minimum absolute atomic E-state index is 0.126. The molecule has 5 nitrogen and oxygen atoms in total. The summed E-state index contributed by atoms with van der Waals surface area (Å²) in [7, 11) is 1.69. The molecule has 0 spiro atoms. The summed E-state index contributed by atoms with van der Waals surface area (Å²) in [6.07, 6.45) is 2.11. The highest BCUT2D eigenvalue weighted by Crippen LogP contribution is 2.29. The van der Waals surface area contributed by atoms with Gasteiger partial charge >= 0.3 is 0 Å².